The Morgan fingerprint density at radius 3 is 2.47 bits per heavy atom. The summed E-state index contributed by atoms with van der Waals surface area (Å²) >= 11 is 1.46. The van der Waals surface area contributed by atoms with Gasteiger partial charge in [-0.3, -0.25) is 9.59 Å². The highest BCUT2D eigenvalue weighted by Gasteiger charge is 2.43. The summed E-state index contributed by atoms with van der Waals surface area (Å²) in [7, 11) is 0. The van der Waals surface area contributed by atoms with Gasteiger partial charge in [0.05, 0.1) is 40.5 Å². The van der Waals surface area contributed by atoms with Crippen LogP contribution in [0, 0.1) is 12.8 Å². The summed E-state index contributed by atoms with van der Waals surface area (Å²) in [6.45, 7) is 11.5. The van der Waals surface area contributed by atoms with E-state index in [1.165, 1.54) is 16.2 Å². The first-order chi connectivity index (χ1) is 18.2. The number of β-amino-alcohol motifs (C(OH)–C–C–N with tert-alkyl or cyclic N) is 1. The van der Waals surface area contributed by atoms with Crippen LogP contribution >= 0.6 is 11.3 Å². The molecule has 0 aliphatic carbocycles. The monoisotopic (exact) mass is 542 g/mol. The Labute approximate surface area is 227 Å². The zero-order chi connectivity index (χ0) is 28.0. The van der Waals surface area contributed by atoms with Crippen LogP contribution in [0.4, 0.5) is 0 Å². The van der Waals surface area contributed by atoms with Gasteiger partial charge in [0, 0.05) is 19.0 Å². The highest BCUT2D eigenvalue weighted by atomic mass is 32.1. The van der Waals surface area contributed by atoms with Crippen molar-refractivity contribution in [2.24, 2.45) is 5.92 Å². The summed E-state index contributed by atoms with van der Waals surface area (Å²) in [4.78, 5) is 33.4. The van der Waals surface area contributed by atoms with Gasteiger partial charge in [0.15, 0.2) is 0 Å². The number of aryl methyl sites for hydroxylation is 1. The summed E-state index contributed by atoms with van der Waals surface area (Å²) in [6.07, 6.45) is -0.595. The Bertz CT molecular complexity index is 1210. The maximum atomic E-state index is 13.5. The van der Waals surface area contributed by atoms with Gasteiger partial charge in [0.2, 0.25) is 11.8 Å². The molecule has 0 spiro atoms. The highest BCUT2D eigenvalue weighted by molar-refractivity contribution is 7.13. The van der Waals surface area contributed by atoms with Crippen molar-refractivity contribution in [2.45, 2.75) is 78.7 Å². The number of amides is 2. The molecule has 2 aromatic heterocycles. The summed E-state index contributed by atoms with van der Waals surface area (Å²) < 4.78 is 5.39. The van der Waals surface area contributed by atoms with E-state index >= 15 is 0 Å². The highest BCUT2D eigenvalue weighted by Crippen LogP contribution is 2.32. The van der Waals surface area contributed by atoms with Crippen LogP contribution in [-0.2, 0) is 16.2 Å². The number of hydrogen-bond acceptors (Lipinski definition) is 8. The van der Waals surface area contributed by atoms with E-state index in [4.69, 9.17) is 4.52 Å². The second-order valence-electron chi connectivity index (χ2n) is 9.63. The number of aliphatic hydroxyl groups is 2. The van der Waals surface area contributed by atoms with Gasteiger partial charge >= 0.3 is 0 Å². The third-order valence-corrected chi connectivity index (χ3v) is 7.49. The van der Waals surface area contributed by atoms with Gasteiger partial charge in [-0.15, -0.1) is 11.3 Å². The number of hydrogen-bond donors (Lipinski definition) is 3. The average Bonchev–Trinajstić information content (AvgIpc) is 3.65. The molecule has 1 aromatic carbocycles. The first-order valence-corrected chi connectivity index (χ1v) is 13.9. The van der Waals surface area contributed by atoms with Crippen molar-refractivity contribution in [3.63, 3.8) is 0 Å². The lowest BCUT2D eigenvalue weighted by molar-refractivity contribution is -0.141. The fourth-order valence-electron chi connectivity index (χ4n) is 4.68. The molecule has 0 bridgehead atoms. The number of nitrogens with one attached hydrogen (secondary N) is 1. The number of rotatable bonds is 8. The Morgan fingerprint density at radius 1 is 1.21 bits per heavy atom. The Balaban J connectivity index is 0.00000195. The van der Waals surface area contributed by atoms with E-state index in [2.05, 4.69) is 15.5 Å². The van der Waals surface area contributed by atoms with Gasteiger partial charge in [-0.25, -0.2) is 4.98 Å². The lowest BCUT2D eigenvalue weighted by atomic mass is 9.91. The van der Waals surface area contributed by atoms with E-state index in [1.54, 1.807) is 18.5 Å². The zero-order valence-corrected chi connectivity index (χ0v) is 23.7. The lowest BCUT2D eigenvalue weighted by Gasteiger charge is -2.29. The van der Waals surface area contributed by atoms with Crippen molar-refractivity contribution >= 4 is 23.2 Å². The summed E-state index contributed by atoms with van der Waals surface area (Å²) in [5.41, 5.74) is 4.87. The molecule has 2 amide bonds. The SMILES string of the molecule is CC.Cc1cc(C(C(=O)N2CC(O)CC2C(=O)NC(C)c2ccc(-c3scnc3CO)cc2)C(C)C)on1. The van der Waals surface area contributed by atoms with E-state index in [9.17, 15) is 19.8 Å². The molecular weight excluding hydrogens is 504 g/mol. The summed E-state index contributed by atoms with van der Waals surface area (Å²) in [6, 6.07) is 8.38. The Hall–Kier alpha value is -3.08. The fourth-order valence-corrected chi connectivity index (χ4v) is 5.49. The molecule has 3 aromatic rings. The van der Waals surface area contributed by atoms with Crippen LogP contribution in [0.3, 0.4) is 0 Å². The molecule has 1 saturated heterocycles. The smallest absolute Gasteiger partial charge is 0.243 e. The third-order valence-electron chi connectivity index (χ3n) is 6.57. The van der Waals surface area contributed by atoms with Gasteiger partial charge in [-0.1, -0.05) is 57.1 Å². The first-order valence-electron chi connectivity index (χ1n) is 13.0. The fraction of sp³-hybridized carbons (Fsp3) is 0.500. The zero-order valence-electron chi connectivity index (χ0n) is 22.8. The largest absolute Gasteiger partial charge is 0.391 e. The predicted molar refractivity (Wildman–Crippen MR) is 146 cm³/mol. The number of carbonyl (C=O) groups is 2. The van der Waals surface area contributed by atoms with Crippen LogP contribution < -0.4 is 5.32 Å². The topological polar surface area (TPSA) is 129 Å². The van der Waals surface area contributed by atoms with Crippen molar-refractivity contribution in [3.05, 3.63) is 58.6 Å². The van der Waals surface area contributed by atoms with E-state index in [1.807, 2.05) is 58.9 Å². The molecule has 4 rings (SSSR count). The first kappa shape index (κ1) is 29.5. The van der Waals surface area contributed by atoms with E-state index in [-0.39, 0.29) is 43.3 Å². The van der Waals surface area contributed by atoms with Crippen molar-refractivity contribution in [1.29, 1.82) is 0 Å². The van der Waals surface area contributed by atoms with Crippen molar-refractivity contribution < 1.29 is 24.3 Å². The second-order valence-corrected chi connectivity index (χ2v) is 10.5. The number of nitrogens with zero attached hydrogens (tertiary/aromatic N) is 3. The molecule has 3 heterocycles. The Kier molecular flexibility index (Phi) is 10.2. The van der Waals surface area contributed by atoms with Crippen LogP contribution in [0.5, 0.6) is 0 Å². The molecule has 9 nitrogen and oxygen atoms in total. The van der Waals surface area contributed by atoms with Crippen LogP contribution in [0.2, 0.25) is 0 Å². The van der Waals surface area contributed by atoms with Crippen molar-refractivity contribution in [1.82, 2.24) is 20.4 Å². The average molecular weight is 543 g/mol. The molecular formula is C28H38N4O5S. The van der Waals surface area contributed by atoms with E-state index in [0.29, 0.717) is 17.1 Å². The van der Waals surface area contributed by atoms with Crippen LogP contribution in [0.25, 0.3) is 10.4 Å². The molecule has 0 saturated carbocycles. The number of aromatic nitrogens is 2. The standard InChI is InChI=1S/C26H32N4O5S.C2H6/c1-14(2)23(22-9-15(3)29-35-22)26(34)30-11-19(32)10-21(30)25(33)28-16(4)17-5-7-18(8-6-17)24-20(12-31)27-13-36-24;1-2/h5-9,13-14,16,19,21,23,31-32H,10-12H2,1-4H3,(H,28,33);1-2H3. The van der Waals surface area contributed by atoms with E-state index < -0.39 is 18.1 Å². The van der Waals surface area contributed by atoms with Gasteiger partial charge in [-0.2, -0.15) is 0 Å². The number of aliphatic hydroxyl groups excluding tert-OH is 2. The van der Waals surface area contributed by atoms with E-state index in [0.717, 1.165) is 16.0 Å². The van der Waals surface area contributed by atoms with Gasteiger partial charge < -0.3 is 25.0 Å². The van der Waals surface area contributed by atoms with Gasteiger partial charge in [0.25, 0.3) is 0 Å². The molecule has 206 valence electrons. The number of benzene rings is 1. The molecule has 4 unspecified atom stereocenters. The minimum atomic E-state index is -0.774. The second kappa shape index (κ2) is 13.1. The third kappa shape index (κ3) is 6.48. The normalized spacial score (nSPS) is 18.6. The molecule has 1 aliphatic rings. The maximum Gasteiger partial charge on any atom is 0.243 e. The lowest BCUT2D eigenvalue weighted by Crippen LogP contribution is -2.48. The summed E-state index contributed by atoms with van der Waals surface area (Å²) in [5, 5.41) is 26.7. The molecule has 1 fully saturated rings. The van der Waals surface area contributed by atoms with Crippen molar-refractivity contribution in [3.8, 4) is 10.4 Å². The molecule has 4 atom stereocenters. The number of carbonyl (C=O) groups excluding carboxylic acids is 2. The summed E-state index contributed by atoms with van der Waals surface area (Å²) in [5.74, 6) is -0.760. The predicted octanol–water partition coefficient (Wildman–Crippen LogP) is 4.20. The van der Waals surface area contributed by atoms with Gasteiger partial charge in [-0.05, 0) is 30.9 Å². The Morgan fingerprint density at radius 2 is 1.89 bits per heavy atom. The van der Waals surface area contributed by atoms with Crippen LogP contribution in [0.15, 0.2) is 40.4 Å². The molecule has 1 aliphatic heterocycles. The molecule has 10 heteroatoms. The number of thiazole rings is 1. The van der Waals surface area contributed by atoms with Crippen LogP contribution in [-0.4, -0.2) is 55.8 Å². The quantitative estimate of drug-likeness (QED) is 0.389. The maximum absolute atomic E-state index is 13.5. The minimum Gasteiger partial charge on any atom is -0.391 e. The van der Waals surface area contributed by atoms with Crippen molar-refractivity contribution in [2.75, 3.05) is 6.54 Å². The molecule has 0 radical (unpaired) electrons. The molecule has 3 N–H and O–H groups in total. The van der Waals surface area contributed by atoms with Gasteiger partial charge in [0.1, 0.15) is 17.7 Å². The minimum absolute atomic E-state index is 0.0753. The number of likely N-dealkylation sites (tertiary alicyclic amines) is 1. The van der Waals surface area contributed by atoms with Crippen LogP contribution in [0.1, 0.15) is 75.7 Å². The molecule has 38 heavy (non-hydrogen) atoms.